The molecule has 0 aliphatic heterocycles. The Morgan fingerprint density at radius 1 is 1.10 bits per heavy atom. The zero-order valence-electron chi connectivity index (χ0n) is 17.6. The summed E-state index contributed by atoms with van der Waals surface area (Å²) in [6.07, 6.45) is 3.93. The second kappa shape index (κ2) is 9.62. The van der Waals surface area contributed by atoms with Crippen molar-refractivity contribution in [1.29, 1.82) is 5.26 Å². The lowest BCUT2D eigenvalue weighted by Gasteiger charge is -2.14. The Hall–Kier alpha value is -3.78. The molecule has 0 atom stereocenters. The van der Waals surface area contributed by atoms with E-state index in [0.717, 1.165) is 29.6 Å². The van der Waals surface area contributed by atoms with E-state index in [9.17, 15) is 5.26 Å². The van der Waals surface area contributed by atoms with Crippen LogP contribution in [-0.2, 0) is 7.05 Å². The molecule has 1 heterocycles. The van der Waals surface area contributed by atoms with Gasteiger partial charge in [0, 0.05) is 12.6 Å². The van der Waals surface area contributed by atoms with Gasteiger partial charge in [0.05, 0.1) is 11.6 Å². The molecular weight excluding hydrogens is 374 g/mol. The van der Waals surface area contributed by atoms with Crippen LogP contribution >= 0.6 is 0 Å². The summed E-state index contributed by atoms with van der Waals surface area (Å²) >= 11 is 0. The average molecular weight is 399 g/mol. The molecule has 0 aliphatic rings. The number of benzene rings is 2. The number of hydrogen-bond acceptors (Lipinski definition) is 4. The summed E-state index contributed by atoms with van der Waals surface area (Å²) in [6.45, 7) is 8.41. The van der Waals surface area contributed by atoms with Crippen molar-refractivity contribution in [2.45, 2.75) is 26.7 Å². The lowest BCUT2D eigenvalue weighted by molar-refractivity contribution is 0.425. The predicted octanol–water partition coefficient (Wildman–Crippen LogP) is 6.64. The fourth-order valence-corrected chi connectivity index (χ4v) is 3.06. The summed E-state index contributed by atoms with van der Waals surface area (Å²) in [5, 5.41) is 13.7. The van der Waals surface area contributed by atoms with Gasteiger partial charge in [-0.05, 0) is 42.2 Å². The molecule has 5 nitrogen and oxygen atoms in total. The summed E-state index contributed by atoms with van der Waals surface area (Å²) < 4.78 is 13.6. The van der Waals surface area contributed by atoms with E-state index in [1.165, 1.54) is 0 Å². The summed E-state index contributed by atoms with van der Waals surface area (Å²) in [4.78, 5) is 0. The lowest BCUT2D eigenvalue weighted by Crippen LogP contribution is -1.97. The first-order valence-corrected chi connectivity index (χ1v) is 9.93. The Bertz CT molecular complexity index is 1120. The number of aryl methyl sites for hydroxylation is 1. The minimum Gasteiger partial charge on any atom is -0.438 e. The van der Waals surface area contributed by atoms with Gasteiger partial charge in [-0.2, -0.15) is 5.26 Å². The molecule has 152 valence electrons. The SMILES string of the molecule is C=C(CC)/C(=C/CC)c1ccccc1Oc1cc(Oc2ccccc2C#N)n(C)n1. The Morgan fingerprint density at radius 3 is 2.50 bits per heavy atom. The zero-order chi connectivity index (χ0) is 21.5. The first-order chi connectivity index (χ1) is 14.6. The van der Waals surface area contributed by atoms with Crippen LogP contribution in [-0.4, -0.2) is 9.78 Å². The second-order valence-corrected chi connectivity index (χ2v) is 6.74. The van der Waals surface area contributed by atoms with E-state index < -0.39 is 0 Å². The van der Waals surface area contributed by atoms with Gasteiger partial charge in [0.2, 0.25) is 11.8 Å². The molecule has 0 radical (unpaired) electrons. The van der Waals surface area contributed by atoms with Crippen molar-refractivity contribution in [3.05, 3.63) is 84.0 Å². The molecule has 0 saturated carbocycles. The third kappa shape index (κ3) is 4.61. The summed E-state index contributed by atoms with van der Waals surface area (Å²) in [7, 11) is 1.77. The number of para-hydroxylation sites is 2. The molecule has 3 aromatic rings. The van der Waals surface area contributed by atoms with Crippen molar-refractivity contribution in [3.63, 3.8) is 0 Å². The standard InChI is InChI=1S/C25H25N3O2/c1-5-11-20(18(3)6-2)21-13-8-10-15-23(21)29-24-16-25(28(4)27-24)30-22-14-9-7-12-19(22)17-26/h7-16H,3,5-6H2,1-2,4H3/b20-11-. The highest BCUT2D eigenvalue weighted by Crippen LogP contribution is 2.35. The predicted molar refractivity (Wildman–Crippen MR) is 119 cm³/mol. The molecule has 1 aromatic heterocycles. The molecule has 0 aliphatic carbocycles. The molecule has 30 heavy (non-hydrogen) atoms. The lowest BCUT2D eigenvalue weighted by atomic mass is 9.95. The van der Waals surface area contributed by atoms with E-state index in [-0.39, 0.29) is 0 Å². The minimum absolute atomic E-state index is 0.410. The van der Waals surface area contributed by atoms with E-state index in [1.807, 2.05) is 30.3 Å². The molecule has 3 rings (SSSR count). The fraction of sp³-hybridized carbons (Fsp3) is 0.200. The van der Waals surface area contributed by atoms with Crippen molar-refractivity contribution >= 4 is 5.57 Å². The smallest absolute Gasteiger partial charge is 0.242 e. The first kappa shape index (κ1) is 20.9. The minimum atomic E-state index is 0.410. The summed E-state index contributed by atoms with van der Waals surface area (Å²) in [5.41, 5.74) is 3.59. The van der Waals surface area contributed by atoms with Gasteiger partial charge in [-0.25, -0.2) is 4.68 Å². The van der Waals surface area contributed by atoms with Crippen LogP contribution in [0.3, 0.4) is 0 Å². The maximum atomic E-state index is 9.27. The maximum Gasteiger partial charge on any atom is 0.242 e. The van der Waals surface area contributed by atoms with Crippen molar-refractivity contribution in [2.24, 2.45) is 7.05 Å². The normalized spacial score (nSPS) is 11.1. The Balaban J connectivity index is 1.90. The van der Waals surface area contributed by atoms with Crippen LogP contribution in [0.15, 0.2) is 72.8 Å². The quantitative estimate of drug-likeness (QED) is 0.399. The highest BCUT2D eigenvalue weighted by atomic mass is 16.5. The Labute approximate surface area is 177 Å². The van der Waals surface area contributed by atoms with Crippen molar-refractivity contribution < 1.29 is 9.47 Å². The average Bonchev–Trinajstić information content (AvgIpc) is 3.11. The number of rotatable bonds is 8. The molecule has 0 spiro atoms. The molecule has 0 fully saturated rings. The topological polar surface area (TPSA) is 60.1 Å². The number of ether oxygens (including phenoxy) is 2. The molecule has 0 saturated heterocycles. The van der Waals surface area contributed by atoms with E-state index in [4.69, 9.17) is 9.47 Å². The number of allylic oxidation sites excluding steroid dienone is 3. The van der Waals surface area contributed by atoms with Crippen LogP contribution in [0.4, 0.5) is 0 Å². The highest BCUT2D eigenvalue weighted by molar-refractivity contribution is 5.81. The van der Waals surface area contributed by atoms with Crippen LogP contribution in [0.1, 0.15) is 37.8 Å². The highest BCUT2D eigenvalue weighted by Gasteiger charge is 2.15. The third-order valence-electron chi connectivity index (χ3n) is 4.64. The van der Waals surface area contributed by atoms with E-state index in [2.05, 4.69) is 37.7 Å². The number of nitrogens with zero attached hydrogens (tertiary/aromatic N) is 3. The Kier molecular flexibility index (Phi) is 6.71. The fourth-order valence-electron chi connectivity index (χ4n) is 3.06. The van der Waals surface area contributed by atoms with Gasteiger partial charge in [0.25, 0.3) is 0 Å². The van der Waals surface area contributed by atoms with Crippen LogP contribution in [0.5, 0.6) is 23.3 Å². The molecular formula is C25H25N3O2. The van der Waals surface area contributed by atoms with E-state index >= 15 is 0 Å². The molecule has 0 unspecified atom stereocenters. The molecule has 5 heteroatoms. The number of hydrogen-bond donors (Lipinski definition) is 0. The molecule has 0 bridgehead atoms. The van der Waals surface area contributed by atoms with Gasteiger partial charge >= 0.3 is 0 Å². The summed E-state index contributed by atoms with van der Waals surface area (Å²) in [5.74, 6) is 2.07. The Morgan fingerprint density at radius 2 is 1.80 bits per heavy atom. The van der Waals surface area contributed by atoms with Gasteiger partial charge in [0.1, 0.15) is 17.6 Å². The van der Waals surface area contributed by atoms with Crippen LogP contribution in [0, 0.1) is 11.3 Å². The van der Waals surface area contributed by atoms with Crippen molar-refractivity contribution in [2.75, 3.05) is 0 Å². The number of nitriles is 1. The monoisotopic (exact) mass is 399 g/mol. The molecule has 0 N–H and O–H groups in total. The van der Waals surface area contributed by atoms with Crippen molar-refractivity contribution in [3.8, 4) is 29.3 Å². The molecule has 0 amide bonds. The van der Waals surface area contributed by atoms with E-state index in [1.54, 1.807) is 36.0 Å². The molecule has 2 aromatic carbocycles. The second-order valence-electron chi connectivity index (χ2n) is 6.74. The van der Waals surface area contributed by atoms with Gasteiger partial charge < -0.3 is 9.47 Å². The largest absolute Gasteiger partial charge is 0.438 e. The van der Waals surface area contributed by atoms with Crippen LogP contribution in [0.25, 0.3) is 5.57 Å². The van der Waals surface area contributed by atoms with E-state index in [0.29, 0.717) is 28.8 Å². The maximum absolute atomic E-state index is 9.27. The van der Waals surface area contributed by atoms with Gasteiger partial charge in [0.15, 0.2) is 0 Å². The first-order valence-electron chi connectivity index (χ1n) is 9.93. The van der Waals surface area contributed by atoms with Gasteiger partial charge in [-0.3, -0.25) is 0 Å². The van der Waals surface area contributed by atoms with Crippen molar-refractivity contribution in [1.82, 2.24) is 9.78 Å². The van der Waals surface area contributed by atoms with Crippen LogP contribution < -0.4 is 9.47 Å². The van der Waals surface area contributed by atoms with Gasteiger partial charge in [-0.15, -0.1) is 5.10 Å². The van der Waals surface area contributed by atoms with Gasteiger partial charge in [-0.1, -0.05) is 56.8 Å². The third-order valence-corrected chi connectivity index (χ3v) is 4.64. The van der Waals surface area contributed by atoms with Crippen LogP contribution in [0.2, 0.25) is 0 Å². The zero-order valence-corrected chi connectivity index (χ0v) is 17.6. The summed E-state index contributed by atoms with van der Waals surface area (Å²) in [6, 6.07) is 18.8. The number of aromatic nitrogens is 2.